The minimum atomic E-state index is -0.483. The zero-order valence-corrected chi connectivity index (χ0v) is 16.8. The van der Waals surface area contributed by atoms with Gasteiger partial charge in [0.2, 0.25) is 0 Å². The number of carbonyl (C=O) groups excluding carboxylic acids is 2. The third-order valence-electron chi connectivity index (χ3n) is 4.30. The molecule has 0 aliphatic carbocycles. The van der Waals surface area contributed by atoms with Crippen LogP contribution in [0.3, 0.4) is 0 Å². The van der Waals surface area contributed by atoms with E-state index in [1.807, 2.05) is 0 Å². The number of esters is 1. The lowest BCUT2D eigenvalue weighted by Gasteiger charge is -2.30. The van der Waals surface area contributed by atoms with E-state index in [4.69, 9.17) is 28.6 Å². The number of benzene rings is 2. The lowest BCUT2D eigenvalue weighted by Crippen LogP contribution is -2.45. The van der Waals surface area contributed by atoms with E-state index < -0.39 is 12.0 Å². The third kappa shape index (κ3) is 4.16. The van der Waals surface area contributed by atoms with Crippen LogP contribution in [0.1, 0.15) is 28.9 Å². The fourth-order valence-corrected chi connectivity index (χ4v) is 3.38. The smallest absolute Gasteiger partial charge is 0.337 e. The number of hydrogen-bond acceptors (Lipinski definition) is 4. The zero-order chi connectivity index (χ0) is 20.3. The molecule has 6 nitrogen and oxygen atoms in total. The van der Waals surface area contributed by atoms with Gasteiger partial charge >= 0.3 is 5.97 Å². The molecule has 28 heavy (non-hydrogen) atoms. The van der Waals surface area contributed by atoms with Crippen LogP contribution in [0.4, 0.5) is 5.69 Å². The summed E-state index contributed by atoms with van der Waals surface area (Å²) in [5, 5.41) is 9.78. The average molecular weight is 416 g/mol. The topological polar surface area (TPSA) is 79.5 Å². The molecular weight excluding hydrogens is 398 g/mol. The fraction of sp³-hybridized carbons (Fsp3) is 0.150. The van der Waals surface area contributed by atoms with Gasteiger partial charge in [-0.1, -0.05) is 35.9 Å². The Morgan fingerprint density at radius 1 is 1.14 bits per heavy atom. The summed E-state index contributed by atoms with van der Waals surface area (Å²) in [6.45, 7) is 1.78. The lowest BCUT2D eigenvalue weighted by molar-refractivity contribution is -0.113. The molecule has 0 saturated carbocycles. The van der Waals surface area contributed by atoms with E-state index in [-0.39, 0.29) is 5.91 Å². The second-order valence-electron chi connectivity index (χ2n) is 6.12. The van der Waals surface area contributed by atoms with Crippen LogP contribution < -0.4 is 16.0 Å². The number of halogens is 1. The Bertz CT molecular complexity index is 973. The van der Waals surface area contributed by atoms with Gasteiger partial charge in [0.25, 0.3) is 5.91 Å². The van der Waals surface area contributed by atoms with Crippen molar-refractivity contribution < 1.29 is 14.3 Å². The Labute approximate surface area is 172 Å². The number of anilines is 1. The van der Waals surface area contributed by atoms with Crippen LogP contribution in [0, 0.1) is 0 Å². The first-order valence-electron chi connectivity index (χ1n) is 8.43. The van der Waals surface area contributed by atoms with E-state index in [9.17, 15) is 9.59 Å². The largest absolute Gasteiger partial charge is 0.465 e. The Hall–Kier alpha value is -2.90. The summed E-state index contributed by atoms with van der Waals surface area (Å²) in [6, 6.07) is 13.3. The van der Waals surface area contributed by atoms with Gasteiger partial charge in [0, 0.05) is 5.70 Å². The highest BCUT2D eigenvalue weighted by atomic mass is 35.5. The average Bonchev–Trinajstić information content (AvgIpc) is 2.68. The van der Waals surface area contributed by atoms with Crippen molar-refractivity contribution >= 4 is 46.5 Å². The summed E-state index contributed by atoms with van der Waals surface area (Å²) >= 11 is 11.4. The quantitative estimate of drug-likeness (QED) is 0.523. The van der Waals surface area contributed by atoms with Crippen molar-refractivity contribution in [2.45, 2.75) is 13.0 Å². The van der Waals surface area contributed by atoms with Gasteiger partial charge in [0.15, 0.2) is 5.11 Å². The number of thiocarbonyl (C=S) groups is 1. The monoisotopic (exact) mass is 415 g/mol. The standard InChI is InChI=1S/C20H18ClN3O3S/c1-11-16(18(25)23-15-6-4-3-5-14(15)21)17(24-20(28)22-11)12-7-9-13(10-8-12)19(26)27-2/h3-10,17H,1-2H3,(H,23,25)(H2,22,24,28)/t17-/m0/s1. The van der Waals surface area contributed by atoms with Crippen LogP contribution in [0.5, 0.6) is 0 Å². The van der Waals surface area contributed by atoms with Gasteiger partial charge in [0.05, 0.1) is 35.0 Å². The second-order valence-corrected chi connectivity index (χ2v) is 6.93. The van der Waals surface area contributed by atoms with E-state index >= 15 is 0 Å². The molecule has 8 heteroatoms. The number of rotatable bonds is 4. The maximum atomic E-state index is 13.0. The number of amides is 1. The van der Waals surface area contributed by atoms with Crippen LogP contribution in [-0.4, -0.2) is 24.1 Å². The minimum absolute atomic E-state index is 0.310. The van der Waals surface area contributed by atoms with Crippen molar-refractivity contribution in [2.24, 2.45) is 0 Å². The fourth-order valence-electron chi connectivity index (χ4n) is 2.93. The van der Waals surface area contributed by atoms with Gasteiger partial charge in [-0.15, -0.1) is 0 Å². The predicted molar refractivity (Wildman–Crippen MR) is 112 cm³/mol. The van der Waals surface area contributed by atoms with Crippen LogP contribution in [-0.2, 0) is 9.53 Å². The second kappa shape index (κ2) is 8.41. The van der Waals surface area contributed by atoms with Gasteiger partial charge in [-0.25, -0.2) is 4.79 Å². The molecule has 1 atom stereocenters. The summed E-state index contributed by atoms with van der Waals surface area (Å²) in [5.41, 5.74) is 2.82. The Balaban J connectivity index is 1.93. The molecular formula is C20H18ClN3O3S. The van der Waals surface area contributed by atoms with E-state index in [0.29, 0.717) is 32.7 Å². The number of allylic oxidation sites excluding steroid dienone is 1. The summed E-state index contributed by atoms with van der Waals surface area (Å²) in [6.07, 6.45) is 0. The van der Waals surface area contributed by atoms with E-state index in [0.717, 1.165) is 5.56 Å². The highest BCUT2D eigenvalue weighted by Gasteiger charge is 2.30. The van der Waals surface area contributed by atoms with Gasteiger partial charge in [-0.3, -0.25) is 4.79 Å². The summed E-state index contributed by atoms with van der Waals surface area (Å²) < 4.78 is 4.72. The van der Waals surface area contributed by atoms with Crippen molar-refractivity contribution in [3.63, 3.8) is 0 Å². The van der Waals surface area contributed by atoms with Crippen molar-refractivity contribution in [3.8, 4) is 0 Å². The highest BCUT2D eigenvalue weighted by Crippen LogP contribution is 2.29. The maximum absolute atomic E-state index is 13.0. The number of para-hydroxylation sites is 1. The molecule has 0 spiro atoms. The molecule has 3 rings (SSSR count). The molecule has 0 unspecified atom stereocenters. The Morgan fingerprint density at radius 3 is 2.46 bits per heavy atom. The number of hydrogen-bond donors (Lipinski definition) is 3. The first-order valence-corrected chi connectivity index (χ1v) is 9.21. The zero-order valence-electron chi connectivity index (χ0n) is 15.2. The molecule has 0 aromatic heterocycles. The first kappa shape index (κ1) is 19.9. The van der Waals surface area contributed by atoms with Crippen molar-refractivity contribution in [2.75, 3.05) is 12.4 Å². The number of ether oxygens (including phenoxy) is 1. The number of carbonyl (C=O) groups is 2. The Kier molecular flexibility index (Phi) is 5.96. The van der Waals surface area contributed by atoms with E-state index in [1.165, 1.54) is 7.11 Å². The van der Waals surface area contributed by atoms with Gasteiger partial charge in [0.1, 0.15) is 0 Å². The van der Waals surface area contributed by atoms with Crippen molar-refractivity contribution in [1.29, 1.82) is 0 Å². The molecule has 144 valence electrons. The third-order valence-corrected chi connectivity index (χ3v) is 4.85. The summed E-state index contributed by atoms with van der Waals surface area (Å²) in [5.74, 6) is -0.737. The van der Waals surface area contributed by atoms with Gasteiger partial charge in [-0.2, -0.15) is 0 Å². The molecule has 1 aliphatic rings. The molecule has 2 aromatic carbocycles. The molecule has 3 N–H and O–H groups in total. The minimum Gasteiger partial charge on any atom is -0.465 e. The molecule has 2 aromatic rings. The normalized spacial score (nSPS) is 16.1. The number of nitrogens with one attached hydrogen (secondary N) is 3. The van der Waals surface area contributed by atoms with Gasteiger partial charge in [-0.05, 0) is 49.0 Å². The van der Waals surface area contributed by atoms with Gasteiger partial charge < -0.3 is 20.7 Å². The molecule has 1 amide bonds. The summed E-state index contributed by atoms with van der Waals surface area (Å²) in [7, 11) is 1.33. The van der Waals surface area contributed by atoms with Crippen LogP contribution in [0.25, 0.3) is 0 Å². The first-order chi connectivity index (χ1) is 13.4. The molecule has 0 bridgehead atoms. The number of methoxy groups -OCH3 is 1. The molecule has 1 heterocycles. The van der Waals surface area contributed by atoms with Crippen LogP contribution >= 0.6 is 23.8 Å². The molecule has 0 radical (unpaired) electrons. The Morgan fingerprint density at radius 2 is 1.82 bits per heavy atom. The van der Waals surface area contributed by atoms with Crippen molar-refractivity contribution in [3.05, 3.63) is 76.0 Å². The van der Waals surface area contributed by atoms with E-state index in [1.54, 1.807) is 55.5 Å². The lowest BCUT2D eigenvalue weighted by atomic mass is 9.94. The molecule has 0 fully saturated rings. The summed E-state index contributed by atoms with van der Waals surface area (Å²) in [4.78, 5) is 24.7. The van der Waals surface area contributed by atoms with E-state index in [2.05, 4.69) is 16.0 Å². The molecule has 0 saturated heterocycles. The predicted octanol–water partition coefficient (Wildman–Crippen LogP) is 3.56. The maximum Gasteiger partial charge on any atom is 0.337 e. The highest BCUT2D eigenvalue weighted by molar-refractivity contribution is 7.80. The molecule has 1 aliphatic heterocycles. The van der Waals surface area contributed by atoms with Crippen LogP contribution in [0.2, 0.25) is 5.02 Å². The van der Waals surface area contributed by atoms with Crippen LogP contribution in [0.15, 0.2) is 59.8 Å². The SMILES string of the molecule is COC(=O)c1ccc([C@@H]2NC(=S)NC(C)=C2C(=O)Nc2ccccc2Cl)cc1. The van der Waals surface area contributed by atoms with Crippen molar-refractivity contribution in [1.82, 2.24) is 10.6 Å².